The summed E-state index contributed by atoms with van der Waals surface area (Å²) in [6, 6.07) is 7.64. The predicted octanol–water partition coefficient (Wildman–Crippen LogP) is 23.7. The van der Waals surface area contributed by atoms with Gasteiger partial charge in [-0.25, -0.2) is 156 Å². The number of alkyl halides is 3. The number of aryl methyl sites for hydroxylation is 1. The molecule has 53 heteroatoms. The zero-order chi connectivity index (χ0) is 103. The minimum Gasteiger partial charge on any atom is -0.237 e. The third-order valence-electron chi connectivity index (χ3n) is 19.2. The predicted molar refractivity (Wildman–Crippen MR) is 374 cm³/mol. The monoisotopic (exact) mass is 1950 g/mol. The van der Waals surface area contributed by atoms with Crippen LogP contribution >= 0.6 is 0 Å². The summed E-state index contributed by atoms with van der Waals surface area (Å²) in [7, 11) is 0. The third kappa shape index (κ3) is 15.9. The van der Waals surface area contributed by atoms with E-state index in [-0.39, 0.29) is 0 Å². The van der Waals surface area contributed by atoms with Crippen molar-refractivity contribution in [2.24, 2.45) is 0 Å². The zero-order valence-corrected chi connectivity index (χ0v) is 64.5. The Morgan fingerprint density at radius 3 is 0.591 bits per heavy atom. The number of nitrogens with zero attached hydrogens (tertiary/aromatic N) is 14. The lowest BCUT2D eigenvalue weighted by Crippen LogP contribution is -2.16. The van der Waals surface area contributed by atoms with Gasteiger partial charge in [-0.1, -0.05) is 0 Å². The van der Waals surface area contributed by atoms with Gasteiger partial charge in [0.1, 0.15) is 65.2 Å². The molecule has 137 heavy (non-hydrogen) atoms. The second kappa shape index (κ2) is 37.0. The van der Waals surface area contributed by atoms with Crippen LogP contribution in [0, 0.1) is 341 Å². The molecule has 0 amide bonds. The molecule has 3 aromatic heterocycles. The molecule has 0 unspecified atom stereocenters. The molecule has 9 aromatic rings. The lowest BCUT2D eigenvalue weighted by atomic mass is 9.99. The Morgan fingerprint density at radius 1 is 0.219 bits per heavy atom. The molecule has 0 spiro atoms. The number of rotatable bonds is 9. The average molecular weight is 1960 g/mol. The van der Waals surface area contributed by atoms with Gasteiger partial charge >= 0.3 is 6.18 Å². The summed E-state index contributed by atoms with van der Waals surface area (Å²) in [5.41, 5.74) is -55.9. The number of nitriles is 8. The Bertz CT molecular complexity index is 7580. The molecule has 3 fully saturated rings. The van der Waals surface area contributed by atoms with E-state index in [2.05, 4.69) is 29.5 Å². The van der Waals surface area contributed by atoms with Crippen molar-refractivity contribution < 1.29 is 171 Å². The van der Waals surface area contributed by atoms with E-state index in [1.807, 2.05) is 0 Å². The Hall–Kier alpha value is -17.9. The summed E-state index contributed by atoms with van der Waals surface area (Å²) in [4.78, 5) is 15.2. The summed E-state index contributed by atoms with van der Waals surface area (Å²) < 4.78 is 563. The third-order valence-corrected chi connectivity index (χ3v) is 19.2. The van der Waals surface area contributed by atoms with Gasteiger partial charge in [-0.15, -0.1) is 0 Å². The van der Waals surface area contributed by atoms with Crippen LogP contribution < -0.4 is 0 Å². The SMILES string of the molecule is [C-]#[N+]C(=C1C(=C(C#N)c2c(F)c(C)nc(F)c2F)C1=C(C#N)c1c(F)c(F)nc(F)c1F)c1c(F)c(F)c(C#N)c(F)c1F.[C-]#[N+]C(=C1C(=C(C#N)c2c(F)c(F)c(C)c(F)c2F)C1=C(C#N)c1c(F)c(F)c(F)c(F)c1F)c1c(F)c(F)c(C(F)(F)F)c(F)c1F.[C-]#[N+]C(=C1C(=C(C#N)c2c(F)c(F)nc(F)c2F)C1=C(C#N)c1c(F)c(F)c(C)c(F)c1F)c1c(F)c(F)c(C#N)c(F)c1F. The van der Waals surface area contributed by atoms with Gasteiger partial charge in [0.25, 0.3) is 23.8 Å². The highest BCUT2D eigenvalue weighted by molar-refractivity contribution is 6.14. The summed E-state index contributed by atoms with van der Waals surface area (Å²) in [6.07, 6.45) is -6.13. The summed E-state index contributed by atoms with van der Waals surface area (Å²) in [6.45, 7) is 23.9. The molecule has 0 N–H and O–H groups in total. The Labute approximate surface area is 730 Å². The van der Waals surface area contributed by atoms with Crippen molar-refractivity contribution in [1.82, 2.24) is 15.0 Å². The van der Waals surface area contributed by atoms with E-state index in [1.54, 1.807) is 0 Å². The quantitative estimate of drug-likeness (QED) is 0.0328. The van der Waals surface area contributed by atoms with Crippen LogP contribution in [0.3, 0.4) is 0 Å². The first-order valence-electron chi connectivity index (χ1n) is 34.3. The number of allylic oxidation sites excluding steroid dienone is 15. The number of halogens is 39. The van der Waals surface area contributed by atoms with E-state index < -0.39 is 401 Å². The number of aromatic nitrogens is 3. The van der Waals surface area contributed by atoms with Crippen LogP contribution in [0.2, 0.25) is 0 Å². The van der Waals surface area contributed by atoms with Crippen molar-refractivity contribution in [2.45, 2.75) is 26.9 Å². The van der Waals surface area contributed by atoms with Crippen LogP contribution in [0.5, 0.6) is 0 Å². The summed E-state index contributed by atoms with van der Waals surface area (Å²) in [5.74, 6) is -88.6. The first kappa shape index (κ1) is 101. The molecule has 6 aromatic carbocycles. The van der Waals surface area contributed by atoms with Gasteiger partial charge in [0.2, 0.25) is 28.9 Å². The van der Waals surface area contributed by atoms with Crippen molar-refractivity contribution in [1.29, 1.82) is 42.1 Å². The Kier molecular flexibility index (Phi) is 27.4. The Morgan fingerprint density at radius 2 is 0.394 bits per heavy atom. The van der Waals surface area contributed by atoms with Crippen molar-refractivity contribution in [3.63, 3.8) is 0 Å². The smallest absolute Gasteiger partial charge is 0.237 e. The molecule has 3 aliphatic rings. The van der Waals surface area contributed by atoms with Crippen molar-refractivity contribution >= 4 is 50.5 Å². The van der Waals surface area contributed by atoms with Gasteiger partial charge in [-0.05, 0) is 70.9 Å². The standard InChI is InChI=1S/C29H3F16N3.C28H3F12N5.C27H3F11N6/c1-5-15(30)17(32)10(18(33)16(5)31)6(3-46)8-9(7(4-47)11-19(34)25(40)27(42)26(41)20(11)35)12(8)28(48-2)13-21(36)23(38)14(29(43,44)45)24(39)22(13)37;1-6-16(29)20(33)12(21(34)17(6)30)7(3-41)10-11(8(4-42)13-24(37)27(39)45-28(40)25(13)38)14(10)26(44-2)15-22(35)18(31)9(5-43)19(32)23(15)36;1-6-16(28)12(21(33)25(36)43-6)7(3-39)10-11(8(4-40)13-22(34)26(37)44-27(38)23(13)35)14(10)24(42-2)15-19(31)17(29)9(5-41)18(30)20(15)32/h1H3;1H3;1H3. The maximum atomic E-state index is 15.0. The average Bonchev–Trinajstić information content (AvgIpc) is 1.55. The van der Waals surface area contributed by atoms with Crippen LogP contribution in [0.25, 0.3) is 65.1 Å². The van der Waals surface area contributed by atoms with Crippen molar-refractivity contribution in [3.05, 3.63) is 378 Å². The van der Waals surface area contributed by atoms with Crippen LogP contribution in [0.15, 0.2) is 50.2 Å². The van der Waals surface area contributed by atoms with Gasteiger partial charge in [0, 0.05) is 11.1 Å². The fraction of sp³-hybridized carbons (Fsp3) is 0.0476. The zero-order valence-electron chi connectivity index (χ0n) is 64.5. The molecular weight excluding hydrogens is 1950 g/mol. The molecule has 3 saturated carbocycles. The van der Waals surface area contributed by atoms with Crippen molar-refractivity contribution in [3.8, 4) is 48.6 Å². The molecule has 0 radical (unpaired) electrons. The van der Waals surface area contributed by atoms with E-state index in [4.69, 9.17) is 30.2 Å². The van der Waals surface area contributed by atoms with Gasteiger partial charge in [-0.3, -0.25) is 0 Å². The lowest BCUT2D eigenvalue weighted by molar-refractivity contribution is -0.143. The van der Waals surface area contributed by atoms with E-state index >= 15 is 0 Å². The van der Waals surface area contributed by atoms with Gasteiger partial charge in [0.05, 0.1) is 109 Å². The maximum absolute atomic E-state index is 15.0. The van der Waals surface area contributed by atoms with Crippen molar-refractivity contribution in [2.75, 3.05) is 0 Å². The van der Waals surface area contributed by atoms with Crippen LogP contribution in [0.4, 0.5) is 171 Å². The number of benzene rings is 6. The molecule has 12 rings (SSSR count). The normalized spacial score (nSPS) is 15.6. The van der Waals surface area contributed by atoms with Gasteiger partial charge in [0.15, 0.2) is 175 Å². The molecular formula is C84H9F39N14. The number of hydrogen-bond donors (Lipinski definition) is 0. The highest BCUT2D eigenvalue weighted by Gasteiger charge is 2.52. The summed E-state index contributed by atoms with van der Waals surface area (Å²) in [5, 5.41) is 76.1. The minimum atomic E-state index is -6.13. The van der Waals surface area contributed by atoms with E-state index in [1.165, 1.54) is 0 Å². The second-order valence-corrected chi connectivity index (χ2v) is 26.3. The summed E-state index contributed by atoms with van der Waals surface area (Å²) >= 11 is 0. The fourth-order valence-electron chi connectivity index (χ4n) is 12.9. The fourth-order valence-corrected chi connectivity index (χ4v) is 12.9. The number of hydrogen-bond acceptors (Lipinski definition) is 11. The van der Waals surface area contributed by atoms with Crippen LogP contribution in [-0.2, 0) is 6.18 Å². The van der Waals surface area contributed by atoms with E-state index in [9.17, 15) is 203 Å². The topological polar surface area (TPSA) is 242 Å². The second-order valence-electron chi connectivity index (χ2n) is 26.3. The van der Waals surface area contributed by atoms with Crippen LogP contribution in [0.1, 0.15) is 83.6 Å². The molecule has 688 valence electrons. The molecule has 0 aliphatic heterocycles. The minimum absolute atomic E-state index is 0.487. The molecule has 0 saturated heterocycles. The molecule has 3 heterocycles. The van der Waals surface area contributed by atoms with Gasteiger partial charge < -0.3 is 0 Å². The Balaban J connectivity index is 0.000000212. The lowest BCUT2D eigenvalue weighted by Gasteiger charge is -2.13. The van der Waals surface area contributed by atoms with Gasteiger partial charge in [-0.2, -0.15) is 87.2 Å². The van der Waals surface area contributed by atoms with Crippen LogP contribution in [-0.4, -0.2) is 15.0 Å². The highest BCUT2D eigenvalue weighted by atomic mass is 19.4. The largest absolute Gasteiger partial charge is 0.422 e. The molecule has 0 atom stereocenters. The van der Waals surface area contributed by atoms with E-state index in [0.29, 0.717) is 13.8 Å². The molecule has 3 aliphatic carbocycles. The first-order chi connectivity index (χ1) is 64.0. The first-order valence-corrected chi connectivity index (χ1v) is 34.3. The van der Waals surface area contributed by atoms with E-state index in [0.717, 1.165) is 55.5 Å². The maximum Gasteiger partial charge on any atom is 0.422 e. The number of pyridine rings is 3. The molecule has 14 nitrogen and oxygen atoms in total. The highest BCUT2D eigenvalue weighted by Crippen LogP contribution is 2.62. The molecule has 0 bridgehead atoms.